The van der Waals surface area contributed by atoms with Gasteiger partial charge in [-0.2, -0.15) is 26.3 Å². The molecule has 21 heavy (non-hydrogen) atoms. The molecule has 1 aromatic carbocycles. The largest absolute Gasteiger partial charge is 0.493 e. The van der Waals surface area contributed by atoms with Gasteiger partial charge in [0.15, 0.2) is 17.4 Å². The van der Waals surface area contributed by atoms with E-state index in [1.165, 1.54) is 20.3 Å². The number of alkyl halides is 7. The summed E-state index contributed by atoms with van der Waals surface area (Å²) in [6.45, 7) is 0. The lowest BCUT2D eigenvalue weighted by molar-refractivity contribution is -0.284. The molecule has 0 aromatic heterocycles. The first-order valence-electron chi connectivity index (χ1n) is 5.51. The lowest BCUT2D eigenvalue weighted by Crippen LogP contribution is -2.39. The monoisotopic (exact) mass is 336 g/mol. The van der Waals surface area contributed by atoms with E-state index in [1.54, 1.807) is 0 Å². The van der Waals surface area contributed by atoms with Crippen LogP contribution in [-0.4, -0.2) is 26.6 Å². The zero-order chi connectivity index (χ0) is 16.4. The maximum absolute atomic E-state index is 12.6. The third-order valence-electron chi connectivity index (χ3n) is 2.72. The summed E-state index contributed by atoms with van der Waals surface area (Å²) in [6.07, 6.45) is -11.0. The molecule has 9 heteroatoms. The van der Waals surface area contributed by atoms with Crippen LogP contribution in [0.5, 0.6) is 11.5 Å². The summed E-state index contributed by atoms with van der Waals surface area (Å²) >= 11 is 5.43. The van der Waals surface area contributed by atoms with Gasteiger partial charge in [-0.05, 0) is 17.7 Å². The molecule has 2 nitrogen and oxygen atoms in total. The van der Waals surface area contributed by atoms with E-state index in [4.69, 9.17) is 21.1 Å². The number of hydrogen-bond donors (Lipinski definition) is 0. The minimum Gasteiger partial charge on any atom is -0.493 e. The van der Waals surface area contributed by atoms with Crippen molar-refractivity contribution in [2.45, 2.75) is 17.7 Å². The maximum Gasteiger partial charge on any atom is 0.402 e. The first-order chi connectivity index (χ1) is 9.52. The molecule has 120 valence electrons. The average Bonchev–Trinajstić information content (AvgIpc) is 2.34. The first kappa shape index (κ1) is 17.7. The Morgan fingerprint density at radius 2 is 1.38 bits per heavy atom. The van der Waals surface area contributed by atoms with Gasteiger partial charge in [0.2, 0.25) is 0 Å². The summed E-state index contributed by atoms with van der Waals surface area (Å²) < 4.78 is 85.4. The van der Waals surface area contributed by atoms with E-state index in [2.05, 4.69) is 0 Å². The van der Waals surface area contributed by atoms with Gasteiger partial charge in [0, 0.05) is 0 Å². The fourth-order valence-electron chi connectivity index (χ4n) is 1.73. The van der Waals surface area contributed by atoms with Crippen LogP contribution in [0.15, 0.2) is 18.2 Å². The molecule has 0 spiro atoms. The summed E-state index contributed by atoms with van der Waals surface area (Å²) in [5, 5.41) is -2.33. The molecule has 0 saturated heterocycles. The van der Waals surface area contributed by atoms with Gasteiger partial charge in [0.25, 0.3) is 0 Å². The Hall–Kier alpha value is -1.31. The summed E-state index contributed by atoms with van der Waals surface area (Å²) in [4.78, 5) is 0. The normalized spacial score (nSPS) is 14.2. The number of benzene rings is 1. The highest BCUT2D eigenvalue weighted by molar-refractivity contribution is 6.21. The smallest absolute Gasteiger partial charge is 0.402 e. The van der Waals surface area contributed by atoms with Gasteiger partial charge in [0.05, 0.1) is 19.6 Å². The van der Waals surface area contributed by atoms with Crippen LogP contribution in [0.25, 0.3) is 0 Å². The molecule has 0 saturated carbocycles. The lowest BCUT2D eigenvalue weighted by atomic mass is 9.97. The van der Waals surface area contributed by atoms with Gasteiger partial charge in [-0.15, -0.1) is 11.6 Å². The Bertz CT molecular complexity index is 472. The number of ether oxygens (including phenoxy) is 2. The Labute approximate surface area is 121 Å². The van der Waals surface area contributed by atoms with Crippen molar-refractivity contribution in [3.8, 4) is 11.5 Å². The second-order valence-electron chi connectivity index (χ2n) is 4.08. The topological polar surface area (TPSA) is 18.5 Å². The van der Waals surface area contributed by atoms with Crippen molar-refractivity contribution in [2.24, 2.45) is 5.92 Å². The van der Waals surface area contributed by atoms with Crippen molar-refractivity contribution in [2.75, 3.05) is 14.2 Å². The predicted octanol–water partition coefficient (Wildman–Crippen LogP) is 4.72. The van der Waals surface area contributed by atoms with Gasteiger partial charge in [-0.3, -0.25) is 0 Å². The molecule has 1 aromatic rings. The molecule has 0 bridgehead atoms. The molecule has 0 aliphatic carbocycles. The predicted molar refractivity (Wildman–Crippen MR) is 63.7 cm³/mol. The minimum atomic E-state index is -5.52. The molecule has 0 N–H and O–H groups in total. The molecule has 0 heterocycles. The van der Waals surface area contributed by atoms with Crippen LogP contribution < -0.4 is 9.47 Å². The van der Waals surface area contributed by atoms with Crippen LogP contribution in [0.1, 0.15) is 10.9 Å². The van der Waals surface area contributed by atoms with E-state index >= 15 is 0 Å². The molecule has 1 unspecified atom stereocenters. The quantitative estimate of drug-likeness (QED) is 0.585. The summed E-state index contributed by atoms with van der Waals surface area (Å²) in [5.41, 5.74) is -0.367. The van der Waals surface area contributed by atoms with Gasteiger partial charge in [-0.25, -0.2) is 0 Å². The third kappa shape index (κ3) is 4.09. The summed E-state index contributed by atoms with van der Waals surface area (Å²) in [5.74, 6) is -3.52. The van der Waals surface area contributed by atoms with Crippen LogP contribution in [0.2, 0.25) is 0 Å². The zero-order valence-corrected chi connectivity index (χ0v) is 11.6. The molecule has 0 aliphatic rings. The Morgan fingerprint density at radius 1 is 0.905 bits per heavy atom. The summed E-state index contributed by atoms with van der Waals surface area (Å²) in [7, 11) is 2.49. The fraction of sp³-hybridized carbons (Fsp3) is 0.500. The lowest BCUT2D eigenvalue weighted by Gasteiger charge is -2.27. The van der Waals surface area contributed by atoms with E-state index in [-0.39, 0.29) is 17.1 Å². The SMILES string of the molecule is COc1ccc(C(Cl)C(C(F)(F)F)C(F)(F)F)cc1OC. The van der Waals surface area contributed by atoms with Crippen molar-refractivity contribution >= 4 is 11.6 Å². The van der Waals surface area contributed by atoms with Gasteiger partial charge >= 0.3 is 12.4 Å². The van der Waals surface area contributed by atoms with Crippen LogP contribution >= 0.6 is 11.6 Å². The van der Waals surface area contributed by atoms with E-state index in [0.29, 0.717) is 0 Å². The van der Waals surface area contributed by atoms with Crippen molar-refractivity contribution in [1.82, 2.24) is 0 Å². The van der Waals surface area contributed by atoms with Crippen molar-refractivity contribution in [3.05, 3.63) is 23.8 Å². The molecular weight excluding hydrogens is 326 g/mol. The van der Waals surface area contributed by atoms with E-state index < -0.39 is 23.6 Å². The Morgan fingerprint density at radius 3 is 1.76 bits per heavy atom. The molecule has 0 radical (unpaired) electrons. The second kappa shape index (κ2) is 6.21. The first-order valence-corrected chi connectivity index (χ1v) is 5.95. The Kier molecular flexibility index (Phi) is 5.25. The van der Waals surface area contributed by atoms with Crippen LogP contribution in [0.4, 0.5) is 26.3 Å². The Balaban J connectivity index is 3.25. The number of rotatable bonds is 4. The second-order valence-corrected chi connectivity index (χ2v) is 4.55. The molecule has 1 atom stereocenters. The van der Waals surface area contributed by atoms with E-state index in [9.17, 15) is 26.3 Å². The van der Waals surface area contributed by atoms with Crippen molar-refractivity contribution in [1.29, 1.82) is 0 Å². The third-order valence-corrected chi connectivity index (χ3v) is 3.23. The average molecular weight is 337 g/mol. The van der Waals surface area contributed by atoms with Crippen LogP contribution in [0.3, 0.4) is 0 Å². The van der Waals surface area contributed by atoms with Crippen molar-refractivity contribution < 1.29 is 35.8 Å². The highest BCUT2D eigenvalue weighted by Gasteiger charge is 2.60. The van der Waals surface area contributed by atoms with Gasteiger partial charge < -0.3 is 9.47 Å². The molecule has 0 fully saturated rings. The number of methoxy groups -OCH3 is 2. The summed E-state index contributed by atoms with van der Waals surface area (Å²) in [6, 6.07) is 3.21. The molecule has 1 rings (SSSR count). The molecular formula is C12H11ClF6O2. The highest BCUT2D eigenvalue weighted by Crippen LogP contribution is 2.50. The van der Waals surface area contributed by atoms with Crippen molar-refractivity contribution in [3.63, 3.8) is 0 Å². The minimum absolute atomic E-state index is 0.0104. The highest BCUT2D eigenvalue weighted by atomic mass is 35.5. The molecule has 0 aliphatic heterocycles. The fourth-order valence-corrected chi connectivity index (χ4v) is 2.16. The number of halogens is 7. The standard InChI is InChI=1S/C12H11ClF6O2/c1-20-7-4-3-6(5-8(7)21-2)9(13)10(11(14,15)16)12(17,18)19/h3-5,9-10H,1-2H3. The maximum atomic E-state index is 12.6. The van der Waals surface area contributed by atoms with Crippen LogP contribution in [0, 0.1) is 5.92 Å². The number of hydrogen-bond acceptors (Lipinski definition) is 2. The van der Waals surface area contributed by atoms with Gasteiger partial charge in [-0.1, -0.05) is 6.07 Å². The van der Waals surface area contributed by atoms with Crippen LogP contribution in [-0.2, 0) is 0 Å². The van der Waals surface area contributed by atoms with E-state index in [0.717, 1.165) is 12.1 Å². The zero-order valence-electron chi connectivity index (χ0n) is 10.8. The van der Waals surface area contributed by atoms with E-state index in [1.807, 2.05) is 0 Å². The molecule has 0 amide bonds. The van der Waals surface area contributed by atoms with Gasteiger partial charge in [0.1, 0.15) is 0 Å².